The second-order valence-electron chi connectivity index (χ2n) is 4.61. The van der Waals surface area contributed by atoms with E-state index >= 15 is 0 Å². The molecule has 5 heteroatoms. The van der Waals surface area contributed by atoms with E-state index in [1.54, 1.807) is 6.07 Å². The van der Waals surface area contributed by atoms with Crippen LogP contribution >= 0.6 is 0 Å². The lowest BCUT2D eigenvalue weighted by atomic mass is 9.83. The van der Waals surface area contributed by atoms with Gasteiger partial charge in [-0.25, -0.2) is 0 Å². The molecule has 3 heterocycles. The average Bonchev–Trinajstić information content (AvgIpc) is 2.67. The number of carbonyl (C=O) groups is 1. The van der Waals surface area contributed by atoms with Gasteiger partial charge in [0, 0.05) is 31.1 Å². The van der Waals surface area contributed by atoms with Crippen LogP contribution in [0, 0.1) is 12.8 Å². The second-order valence-corrected chi connectivity index (χ2v) is 4.61. The molecule has 0 bridgehead atoms. The Balaban J connectivity index is 1.72. The molecule has 3 rings (SSSR count). The zero-order chi connectivity index (χ0) is 11.1. The highest BCUT2D eigenvalue weighted by Gasteiger charge is 2.43. The molecular formula is C11H15N3O2. The SMILES string of the molecule is Cc1cc(C(=O)N2CC3CNCCC32)on1. The standard InChI is InChI=1S/C11H15N3O2/c1-7-4-10(16-13-7)11(15)14-6-8-5-12-3-2-9(8)14/h4,8-9,12H,2-3,5-6H2,1H3. The topological polar surface area (TPSA) is 58.4 Å². The molecule has 16 heavy (non-hydrogen) atoms. The van der Waals surface area contributed by atoms with Crippen LogP contribution in [-0.2, 0) is 0 Å². The monoisotopic (exact) mass is 221 g/mol. The first-order chi connectivity index (χ1) is 7.75. The molecule has 2 fully saturated rings. The largest absolute Gasteiger partial charge is 0.351 e. The van der Waals surface area contributed by atoms with Gasteiger partial charge in [-0.05, 0) is 19.9 Å². The molecule has 1 N–H and O–H groups in total. The van der Waals surface area contributed by atoms with Crippen LogP contribution in [0.1, 0.15) is 22.7 Å². The number of fused-ring (bicyclic) bond motifs is 1. The summed E-state index contributed by atoms with van der Waals surface area (Å²) in [5.41, 5.74) is 0.755. The zero-order valence-corrected chi connectivity index (χ0v) is 9.27. The van der Waals surface area contributed by atoms with E-state index < -0.39 is 0 Å². The van der Waals surface area contributed by atoms with Crippen molar-refractivity contribution in [1.29, 1.82) is 0 Å². The Morgan fingerprint density at radius 3 is 3.25 bits per heavy atom. The molecule has 0 radical (unpaired) electrons. The number of likely N-dealkylation sites (tertiary alicyclic amines) is 1. The smallest absolute Gasteiger partial charge is 0.292 e. The lowest BCUT2D eigenvalue weighted by molar-refractivity contribution is -0.000501. The van der Waals surface area contributed by atoms with Gasteiger partial charge in [-0.3, -0.25) is 4.79 Å². The number of hydrogen-bond donors (Lipinski definition) is 1. The van der Waals surface area contributed by atoms with Gasteiger partial charge in [-0.15, -0.1) is 0 Å². The molecule has 0 saturated carbocycles. The number of aromatic nitrogens is 1. The summed E-state index contributed by atoms with van der Waals surface area (Å²) in [6, 6.07) is 2.11. The number of nitrogens with one attached hydrogen (secondary N) is 1. The summed E-state index contributed by atoms with van der Waals surface area (Å²) >= 11 is 0. The van der Waals surface area contributed by atoms with Crippen LogP contribution in [0.4, 0.5) is 0 Å². The Bertz CT molecular complexity index is 415. The highest BCUT2D eigenvalue weighted by molar-refractivity contribution is 5.92. The first-order valence-corrected chi connectivity index (χ1v) is 5.70. The number of hydrogen-bond acceptors (Lipinski definition) is 4. The summed E-state index contributed by atoms with van der Waals surface area (Å²) < 4.78 is 5.01. The summed E-state index contributed by atoms with van der Waals surface area (Å²) in [5.74, 6) is 0.986. The van der Waals surface area contributed by atoms with E-state index in [2.05, 4.69) is 10.5 Å². The van der Waals surface area contributed by atoms with E-state index in [1.165, 1.54) is 0 Å². The van der Waals surface area contributed by atoms with Crippen molar-refractivity contribution in [2.24, 2.45) is 5.92 Å². The van der Waals surface area contributed by atoms with Crippen molar-refractivity contribution in [2.75, 3.05) is 19.6 Å². The molecule has 2 saturated heterocycles. The molecule has 2 atom stereocenters. The quantitative estimate of drug-likeness (QED) is 0.746. The molecule has 2 aliphatic rings. The minimum atomic E-state index is -0.0104. The molecule has 0 aliphatic carbocycles. The lowest BCUT2D eigenvalue weighted by Crippen LogP contribution is -2.64. The second kappa shape index (κ2) is 3.59. The number of amides is 1. The predicted octanol–water partition coefficient (Wildman–Crippen LogP) is 0.417. The molecule has 2 unspecified atom stereocenters. The molecule has 0 spiro atoms. The Morgan fingerprint density at radius 1 is 1.69 bits per heavy atom. The van der Waals surface area contributed by atoms with Gasteiger partial charge in [0.15, 0.2) is 0 Å². The maximum Gasteiger partial charge on any atom is 0.292 e. The summed E-state index contributed by atoms with van der Waals surface area (Å²) in [4.78, 5) is 14.0. The van der Waals surface area contributed by atoms with Crippen LogP contribution in [0.3, 0.4) is 0 Å². The number of piperidine rings is 1. The molecule has 2 aliphatic heterocycles. The molecular weight excluding hydrogens is 206 g/mol. The third kappa shape index (κ3) is 1.43. The van der Waals surface area contributed by atoms with Crippen LogP contribution < -0.4 is 5.32 Å². The Morgan fingerprint density at radius 2 is 2.56 bits per heavy atom. The van der Waals surface area contributed by atoms with Gasteiger partial charge < -0.3 is 14.7 Å². The Labute approximate surface area is 93.8 Å². The summed E-state index contributed by atoms with van der Waals surface area (Å²) in [6.45, 7) is 4.70. The van der Waals surface area contributed by atoms with Crippen LogP contribution in [0.25, 0.3) is 0 Å². The predicted molar refractivity (Wildman–Crippen MR) is 57.0 cm³/mol. The van der Waals surface area contributed by atoms with E-state index in [4.69, 9.17) is 4.52 Å². The van der Waals surface area contributed by atoms with E-state index in [-0.39, 0.29) is 5.91 Å². The van der Waals surface area contributed by atoms with Crippen molar-refractivity contribution in [3.8, 4) is 0 Å². The van der Waals surface area contributed by atoms with E-state index in [0.29, 0.717) is 17.7 Å². The Hall–Kier alpha value is -1.36. The fourth-order valence-corrected chi connectivity index (χ4v) is 2.60. The van der Waals surface area contributed by atoms with Gasteiger partial charge in [-0.2, -0.15) is 0 Å². The van der Waals surface area contributed by atoms with E-state index in [0.717, 1.165) is 31.7 Å². The first kappa shape index (κ1) is 9.84. The molecule has 1 aromatic heterocycles. The van der Waals surface area contributed by atoms with Crippen molar-refractivity contribution in [2.45, 2.75) is 19.4 Å². The maximum atomic E-state index is 12.1. The lowest BCUT2D eigenvalue weighted by Gasteiger charge is -2.50. The van der Waals surface area contributed by atoms with Crippen molar-refractivity contribution in [3.05, 3.63) is 17.5 Å². The van der Waals surface area contributed by atoms with Crippen molar-refractivity contribution in [3.63, 3.8) is 0 Å². The summed E-state index contributed by atoms with van der Waals surface area (Å²) in [7, 11) is 0. The van der Waals surface area contributed by atoms with Crippen molar-refractivity contribution in [1.82, 2.24) is 15.4 Å². The molecule has 1 amide bonds. The van der Waals surface area contributed by atoms with Gasteiger partial charge in [-0.1, -0.05) is 5.16 Å². The van der Waals surface area contributed by atoms with Gasteiger partial charge >= 0.3 is 0 Å². The highest BCUT2D eigenvalue weighted by atomic mass is 16.5. The first-order valence-electron chi connectivity index (χ1n) is 5.70. The fraction of sp³-hybridized carbons (Fsp3) is 0.636. The van der Waals surface area contributed by atoms with Crippen LogP contribution in [-0.4, -0.2) is 41.6 Å². The number of carbonyl (C=O) groups excluding carboxylic acids is 1. The molecule has 5 nitrogen and oxygen atoms in total. The maximum absolute atomic E-state index is 12.1. The number of nitrogens with zero attached hydrogens (tertiary/aromatic N) is 2. The molecule has 1 aromatic rings. The summed E-state index contributed by atoms with van der Waals surface area (Å²) in [6.07, 6.45) is 1.05. The van der Waals surface area contributed by atoms with Crippen molar-refractivity contribution < 1.29 is 9.32 Å². The van der Waals surface area contributed by atoms with Gasteiger partial charge in [0.2, 0.25) is 5.76 Å². The number of aryl methyl sites for hydroxylation is 1. The third-order valence-corrected chi connectivity index (χ3v) is 3.50. The third-order valence-electron chi connectivity index (χ3n) is 3.50. The minimum Gasteiger partial charge on any atom is -0.351 e. The van der Waals surface area contributed by atoms with Gasteiger partial charge in [0.1, 0.15) is 0 Å². The highest BCUT2D eigenvalue weighted by Crippen LogP contribution is 2.30. The van der Waals surface area contributed by atoms with Crippen LogP contribution in [0.2, 0.25) is 0 Å². The van der Waals surface area contributed by atoms with Gasteiger partial charge in [0.05, 0.1) is 5.69 Å². The molecule has 0 aromatic carbocycles. The molecule has 86 valence electrons. The van der Waals surface area contributed by atoms with E-state index in [9.17, 15) is 4.79 Å². The van der Waals surface area contributed by atoms with E-state index in [1.807, 2.05) is 11.8 Å². The zero-order valence-electron chi connectivity index (χ0n) is 9.27. The average molecular weight is 221 g/mol. The normalized spacial score (nSPS) is 28.4. The van der Waals surface area contributed by atoms with Gasteiger partial charge in [0.25, 0.3) is 5.91 Å². The summed E-state index contributed by atoms with van der Waals surface area (Å²) in [5, 5.41) is 7.09. The van der Waals surface area contributed by atoms with Crippen LogP contribution in [0.5, 0.6) is 0 Å². The number of rotatable bonds is 1. The fourth-order valence-electron chi connectivity index (χ4n) is 2.60. The van der Waals surface area contributed by atoms with Crippen molar-refractivity contribution >= 4 is 5.91 Å². The Kier molecular flexibility index (Phi) is 2.21. The van der Waals surface area contributed by atoms with Crippen LogP contribution in [0.15, 0.2) is 10.6 Å². The minimum absolute atomic E-state index is 0.0104.